The number of aliphatic hydroxyl groups is 1. The molecule has 3 heteroatoms. The average molecular weight is 235 g/mol. The van der Waals surface area contributed by atoms with Gasteiger partial charge in [0.2, 0.25) is 0 Å². The molecule has 2 aliphatic rings. The predicted molar refractivity (Wildman–Crippen MR) is 66.0 cm³/mol. The van der Waals surface area contributed by atoms with Crippen molar-refractivity contribution in [1.82, 2.24) is 4.57 Å². The van der Waals surface area contributed by atoms with Gasteiger partial charge in [0.25, 0.3) is 0 Å². The number of aromatic nitrogens is 1. The van der Waals surface area contributed by atoms with Crippen molar-refractivity contribution in [2.24, 2.45) is 5.92 Å². The third kappa shape index (κ3) is 1.91. The highest BCUT2D eigenvalue weighted by Crippen LogP contribution is 2.35. The highest BCUT2D eigenvalue weighted by Gasteiger charge is 2.28. The fourth-order valence-corrected chi connectivity index (χ4v) is 3.28. The zero-order chi connectivity index (χ0) is 11.8. The van der Waals surface area contributed by atoms with Gasteiger partial charge in [-0.1, -0.05) is 6.92 Å². The minimum atomic E-state index is -0.241. The minimum absolute atomic E-state index is 0.241. The lowest BCUT2D eigenvalue weighted by Crippen LogP contribution is -2.29. The topological polar surface area (TPSA) is 34.4 Å². The van der Waals surface area contributed by atoms with E-state index in [-0.39, 0.29) is 6.10 Å². The fourth-order valence-electron chi connectivity index (χ4n) is 3.28. The van der Waals surface area contributed by atoms with Gasteiger partial charge in [0.1, 0.15) is 0 Å². The molecule has 1 aromatic rings. The molecule has 2 heterocycles. The van der Waals surface area contributed by atoms with Crippen LogP contribution in [0.3, 0.4) is 0 Å². The lowest BCUT2D eigenvalue weighted by atomic mass is 9.93. The van der Waals surface area contributed by atoms with Crippen LogP contribution in [0.4, 0.5) is 0 Å². The first-order valence-electron chi connectivity index (χ1n) is 6.73. The zero-order valence-electron chi connectivity index (χ0n) is 10.4. The van der Waals surface area contributed by atoms with Crippen molar-refractivity contribution in [2.45, 2.75) is 44.8 Å². The van der Waals surface area contributed by atoms with Crippen LogP contribution in [0.15, 0.2) is 12.3 Å². The normalized spacial score (nSPS) is 33.4. The molecule has 3 rings (SSSR count). The van der Waals surface area contributed by atoms with Crippen molar-refractivity contribution in [3.05, 3.63) is 23.5 Å². The van der Waals surface area contributed by atoms with E-state index in [0.717, 1.165) is 44.5 Å². The van der Waals surface area contributed by atoms with Crippen LogP contribution in [-0.4, -0.2) is 22.9 Å². The van der Waals surface area contributed by atoms with Gasteiger partial charge >= 0.3 is 0 Å². The number of hydrogen-bond acceptors (Lipinski definition) is 2. The fraction of sp³-hybridized carbons (Fsp3) is 0.714. The van der Waals surface area contributed by atoms with Gasteiger partial charge in [0.15, 0.2) is 0 Å². The molecule has 1 aliphatic carbocycles. The molecule has 0 spiro atoms. The van der Waals surface area contributed by atoms with Gasteiger partial charge in [0, 0.05) is 36.0 Å². The van der Waals surface area contributed by atoms with Crippen LogP contribution >= 0.6 is 0 Å². The van der Waals surface area contributed by atoms with Gasteiger partial charge in [-0.25, -0.2) is 0 Å². The number of ether oxygens (including phenoxy) is 1. The van der Waals surface area contributed by atoms with Crippen LogP contribution in [0.1, 0.15) is 49.6 Å². The van der Waals surface area contributed by atoms with E-state index in [2.05, 4.69) is 23.8 Å². The Morgan fingerprint density at radius 3 is 3.12 bits per heavy atom. The van der Waals surface area contributed by atoms with Crippen molar-refractivity contribution in [2.75, 3.05) is 13.2 Å². The Balaban J connectivity index is 1.92. The molecule has 3 nitrogen and oxygen atoms in total. The molecule has 1 N–H and O–H groups in total. The molecule has 3 unspecified atom stereocenters. The summed E-state index contributed by atoms with van der Waals surface area (Å²) in [6.45, 7) is 3.99. The second-order valence-corrected chi connectivity index (χ2v) is 5.44. The number of aliphatic hydroxyl groups excluding tert-OH is 1. The summed E-state index contributed by atoms with van der Waals surface area (Å²) in [5.41, 5.74) is 2.53. The summed E-state index contributed by atoms with van der Waals surface area (Å²) in [4.78, 5) is 0. The monoisotopic (exact) mass is 235 g/mol. The number of nitrogens with zero attached hydrogens (tertiary/aromatic N) is 1. The summed E-state index contributed by atoms with van der Waals surface area (Å²) in [6.07, 6.45) is 6.17. The third-order valence-electron chi connectivity index (χ3n) is 4.26. The van der Waals surface area contributed by atoms with Crippen molar-refractivity contribution in [3.63, 3.8) is 0 Å². The number of rotatable bonds is 1. The zero-order valence-corrected chi connectivity index (χ0v) is 10.4. The quantitative estimate of drug-likeness (QED) is 0.811. The van der Waals surface area contributed by atoms with Gasteiger partial charge in [-0.2, -0.15) is 0 Å². The lowest BCUT2D eigenvalue weighted by molar-refractivity contribution is 0.0276. The smallest absolute Gasteiger partial charge is 0.0807 e. The van der Waals surface area contributed by atoms with E-state index in [0.29, 0.717) is 12.0 Å². The van der Waals surface area contributed by atoms with Gasteiger partial charge in [-0.15, -0.1) is 0 Å². The first-order chi connectivity index (χ1) is 8.27. The van der Waals surface area contributed by atoms with Gasteiger partial charge in [-0.05, 0) is 31.7 Å². The molecule has 1 saturated heterocycles. The van der Waals surface area contributed by atoms with E-state index in [1.165, 1.54) is 5.69 Å². The number of fused-ring (bicyclic) bond motifs is 1. The van der Waals surface area contributed by atoms with Crippen molar-refractivity contribution in [3.8, 4) is 0 Å². The first kappa shape index (κ1) is 11.3. The minimum Gasteiger partial charge on any atom is -0.388 e. The third-order valence-corrected chi connectivity index (χ3v) is 4.26. The van der Waals surface area contributed by atoms with E-state index in [1.807, 2.05) is 0 Å². The summed E-state index contributed by atoms with van der Waals surface area (Å²) in [5.74, 6) is 0.569. The van der Waals surface area contributed by atoms with Crippen molar-refractivity contribution < 1.29 is 9.84 Å². The number of hydrogen-bond donors (Lipinski definition) is 1. The highest BCUT2D eigenvalue weighted by molar-refractivity contribution is 5.28. The summed E-state index contributed by atoms with van der Waals surface area (Å²) in [6, 6.07) is 2.67. The molecule has 1 fully saturated rings. The standard InChI is InChI=1S/C14H21NO2/c1-10-9-17-8-6-12(10)15-7-5-11-13(15)3-2-4-14(11)16/h5,7,10,12,14,16H,2-4,6,8-9H2,1H3. The maximum absolute atomic E-state index is 10.0. The van der Waals surface area contributed by atoms with Crippen LogP contribution in [0, 0.1) is 5.92 Å². The Morgan fingerprint density at radius 1 is 1.41 bits per heavy atom. The molecular formula is C14H21NO2. The van der Waals surface area contributed by atoms with Crippen LogP contribution in [-0.2, 0) is 11.2 Å². The molecule has 0 radical (unpaired) electrons. The molecule has 94 valence electrons. The molecule has 0 saturated carbocycles. The highest BCUT2D eigenvalue weighted by atomic mass is 16.5. The maximum atomic E-state index is 10.0. The van der Waals surface area contributed by atoms with Gasteiger partial charge < -0.3 is 14.4 Å². The van der Waals surface area contributed by atoms with E-state index in [9.17, 15) is 5.11 Å². The Labute approximate surface area is 102 Å². The molecule has 1 aliphatic heterocycles. The van der Waals surface area contributed by atoms with E-state index in [1.54, 1.807) is 0 Å². The Morgan fingerprint density at radius 2 is 2.29 bits per heavy atom. The van der Waals surface area contributed by atoms with Gasteiger partial charge in [0.05, 0.1) is 12.7 Å². The van der Waals surface area contributed by atoms with E-state index >= 15 is 0 Å². The largest absolute Gasteiger partial charge is 0.388 e. The molecule has 0 aromatic carbocycles. The molecule has 0 bridgehead atoms. The molecule has 17 heavy (non-hydrogen) atoms. The summed E-state index contributed by atoms with van der Waals surface area (Å²) in [5, 5.41) is 10.0. The predicted octanol–water partition coefficient (Wildman–Crippen LogP) is 2.46. The maximum Gasteiger partial charge on any atom is 0.0807 e. The Kier molecular flexibility index (Phi) is 2.97. The molecule has 0 amide bonds. The second kappa shape index (κ2) is 4.46. The van der Waals surface area contributed by atoms with Crippen LogP contribution in [0.25, 0.3) is 0 Å². The molecular weight excluding hydrogens is 214 g/mol. The van der Waals surface area contributed by atoms with Gasteiger partial charge in [-0.3, -0.25) is 0 Å². The molecule has 3 atom stereocenters. The lowest BCUT2D eigenvalue weighted by Gasteiger charge is -2.33. The van der Waals surface area contributed by atoms with E-state index < -0.39 is 0 Å². The SMILES string of the molecule is CC1COCCC1n1ccc2c1CCCC2O. The second-order valence-electron chi connectivity index (χ2n) is 5.44. The van der Waals surface area contributed by atoms with Crippen molar-refractivity contribution >= 4 is 0 Å². The summed E-state index contributed by atoms with van der Waals surface area (Å²) >= 11 is 0. The van der Waals surface area contributed by atoms with Crippen LogP contribution in [0.2, 0.25) is 0 Å². The first-order valence-corrected chi connectivity index (χ1v) is 6.73. The van der Waals surface area contributed by atoms with Crippen LogP contribution < -0.4 is 0 Å². The summed E-state index contributed by atoms with van der Waals surface area (Å²) < 4.78 is 7.92. The Bertz CT molecular complexity index is 399. The Hall–Kier alpha value is -0.800. The van der Waals surface area contributed by atoms with E-state index in [4.69, 9.17) is 4.74 Å². The van der Waals surface area contributed by atoms with Crippen molar-refractivity contribution in [1.29, 1.82) is 0 Å². The van der Waals surface area contributed by atoms with Crippen LogP contribution in [0.5, 0.6) is 0 Å². The summed E-state index contributed by atoms with van der Waals surface area (Å²) in [7, 11) is 0. The average Bonchev–Trinajstić information content (AvgIpc) is 2.75. The molecule has 1 aromatic heterocycles.